The Hall–Kier alpha value is -1.51. The van der Waals surface area contributed by atoms with E-state index in [1.165, 1.54) is 161 Å². The van der Waals surface area contributed by atoms with E-state index in [1.807, 2.05) is 33.3 Å². The van der Waals surface area contributed by atoms with E-state index in [0.29, 0.717) is 17.4 Å². The number of allylic oxidation sites excluding steroid dienone is 3. The summed E-state index contributed by atoms with van der Waals surface area (Å²) < 4.78 is 30.2. The normalized spacial score (nSPS) is 14.0. The van der Waals surface area contributed by atoms with Crippen molar-refractivity contribution in [2.24, 2.45) is 0 Å². The molecule has 0 heterocycles. The van der Waals surface area contributed by atoms with Crippen LogP contribution < -0.4 is 10.2 Å². The van der Waals surface area contributed by atoms with Crippen LogP contribution in [-0.2, 0) is 27.9 Å². The number of carbonyl (C=O) groups excluding carboxylic acids is 2. The number of rotatable bonds is 50. The van der Waals surface area contributed by atoms with Gasteiger partial charge in [-0.05, 0) is 57.4 Å². The molecule has 0 aromatic rings. The molecule has 65 heavy (non-hydrogen) atoms. The van der Waals surface area contributed by atoms with Crippen molar-refractivity contribution < 1.29 is 37.3 Å². The molecule has 0 fully saturated rings. The van der Waals surface area contributed by atoms with Crippen molar-refractivity contribution in [1.29, 1.82) is 0 Å². The average Bonchev–Trinajstić information content (AvgIpc) is 3.26. The number of hydrogen-bond donors (Lipinski definition) is 1. The Morgan fingerprint density at radius 1 is 0.523 bits per heavy atom. The number of likely N-dealkylation sites (N-methyl/N-ethyl adjacent to an activating group) is 1. The van der Waals surface area contributed by atoms with Crippen molar-refractivity contribution in [1.82, 2.24) is 5.32 Å². The molecule has 0 aliphatic carbocycles. The molecule has 3 atom stereocenters. The number of phosphoric ester groups is 1. The van der Waals surface area contributed by atoms with Gasteiger partial charge in [-0.15, -0.1) is 0 Å². The number of phosphoric acid groups is 1. The summed E-state index contributed by atoms with van der Waals surface area (Å²) in [7, 11) is 1.19. The van der Waals surface area contributed by atoms with Crippen molar-refractivity contribution in [2.45, 2.75) is 277 Å². The van der Waals surface area contributed by atoms with Crippen LogP contribution in [0.3, 0.4) is 0 Å². The third-order valence-electron chi connectivity index (χ3n) is 12.4. The van der Waals surface area contributed by atoms with Gasteiger partial charge in [0.2, 0.25) is 5.91 Å². The Bertz CT molecular complexity index is 1170. The van der Waals surface area contributed by atoms with E-state index in [2.05, 4.69) is 38.2 Å². The summed E-state index contributed by atoms with van der Waals surface area (Å²) in [5, 5.41) is 3.01. The number of unbranched alkanes of at least 4 members (excludes halogenated alkanes) is 32. The van der Waals surface area contributed by atoms with Gasteiger partial charge in [0.25, 0.3) is 7.82 Å². The minimum absolute atomic E-state index is 0.0201. The highest BCUT2D eigenvalue weighted by atomic mass is 31.2. The molecule has 0 aliphatic heterocycles. The first-order chi connectivity index (χ1) is 31.4. The molecule has 10 heteroatoms. The monoisotopic (exact) mass is 939 g/mol. The van der Waals surface area contributed by atoms with E-state index in [1.54, 1.807) is 0 Å². The minimum Gasteiger partial charge on any atom is -0.756 e. The van der Waals surface area contributed by atoms with Crippen LogP contribution in [0.5, 0.6) is 0 Å². The van der Waals surface area contributed by atoms with Crippen LogP contribution in [0.25, 0.3) is 0 Å². The molecule has 1 amide bonds. The zero-order chi connectivity index (χ0) is 48.0. The fourth-order valence-electron chi connectivity index (χ4n) is 8.05. The Balaban J connectivity index is 5.35. The van der Waals surface area contributed by atoms with Crippen LogP contribution in [0.15, 0.2) is 24.3 Å². The predicted octanol–water partition coefficient (Wildman–Crippen LogP) is 15.6. The SMILES string of the molecule is CCCCCC/C=C\CCCCCCCCCC(=O)NC(COP(=O)([O-])OCC[N+](C)(C)C)C(/C=C/CCCCCCCCCCC)OC(=O)CCCCCCCCCCCCCCC. The van der Waals surface area contributed by atoms with E-state index in [0.717, 1.165) is 70.6 Å². The molecule has 9 nitrogen and oxygen atoms in total. The van der Waals surface area contributed by atoms with Crippen LogP contribution in [0, 0.1) is 0 Å². The van der Waals surface area contributed by atoms with Crippen LogP contribution in [0.4, 0.5) is 0 Å². The smallest absolute Gasteiger partial charge is 0.306 e. The van der Waals surface area contributed by atoms with Crippen molar-refractivity contribution in [3.05, 3.63) is 24.3 Å². The lowest BCUT2D eigenvalue weighted by atomic mass is 10.0. The van der Waals surface area contributed by atoms with Crippen LogP contribution in [-0.4, -0.2) is 69.4 Å². The molecule has 0 saturated carbocycles. The lowest BCUT2D eigenvalue weighted by molar-refractivity contribution is -0.870. The topological polar surface area (TPSA) is 114 Å². The summed E-state index contributed by atoms with van der Waals surface area (Å²) in [5.41, 5.74) is 0. The third-order valence-corrected chi connectivity index (χ3v) is 13.3. The lowest BCUT2D eigenvalue weighted by Crippen LogP contribution is -2.47. The van der Waals surface area contributed by atoms with E-state index in [9.17, 15) is 19.0 Å². The van der Waals surface area contributed by atoms with Crippen molar-refractivity contribution in [3.8, 4) is 0 Å². The Kier molecular flexibility index (Phi) is 45.2. The lowest BCUT2D eigenvalue weighted by Gasteiger charge is -2.30. The van der Waals surface area contributed by atoms with Gasteiger partial charge in [-0.2, -0.15) is 0 Å². The number of amides is 1. The molecule has 0 aromatic heterocycles. The first kappa shape index (κ1) is 63.5. The quantitative estimate of drug-likeness (QED) is 0.0212. The summed E-state index contributed by atoms with van der Waals surface area (Å²) >= 11 is 0. The highest BCUT2D eigenvalue weighted by Gasteiger charge is 2.27. The van der Waals surface area contributed by atoms with Gasteiger partial charge in [-0.25, -0.2) is 0 Å². The number of nitrogens with zero attached hydrogens (tertiary/aromatic N) is 1. The van der Waals surface area contributed by atoms with Crippen LogP contribution in [0.2, 0.25) is 0 Å². The zero-order valence-corrected chi connectivity index (χ0v) is 44.6. The minimum atomic E-state index is -4.68. The van der Waals surface area contributed by atoms with Gasteiger partial charge in [-0.3, -0.25) is 14.2 Å². The van der Waals surface area contributed by atoms with Crippen molar-refractivity contribution in [3.63, 3.8) is 0 Å². The Morgan fingerprint density at radius 2 is 0.892 bits per heavy atom. The summed E-state index contributed by atoms with van der Waals surface area (Å²) in [6.07, 6.45) is 51.3. The number of carbonyl (C=O) groups is 2. The molecule has 384 valence electrons. The molecule has 1 N–H and O–H groups in total. The van der Waals surface area contributed by atoms with Gasteiger partial charge in [0, 0.05) is 12.8 Å². The van der Waals surface area contributed by atoms with Crippen LogP contribution >= 0.6 is 7.82 Å². The number of nitrogens with one attached hydrogen (secondary N) is 1. The second-order valence-corrected chi connectivity index (χ2v) is 21.5. The molecule has 0 spiro atoms. The van der Waals surface area contributed by atoms with Gasteiger partial charge >= 0.3 is 5.97 Å². The van der Waals surface area contributed by atoms with Crippen LogP contribution in [0.1, 0.15) is 265 Å². The summed E-state index contributed by atoms with van der Waals surface area (Å²) in [5.74, 6) is -0.537. The fraction of sp³-hybridized carbons (Fsp3) is 0.891. The maximum Gasteiger partial charge on any atom is 0.306 e. The predicted molar refractivity (Wildman–Crippen MR) is 275 cm³/mol. The highest BCUT2D eigenvalue weighted by Crippen LogP contribution is 2.38. The van der Waals surface area contributed by atoms with Gasteiger partial charge in [0.05, 0.1) is 33.8 Å². The van der Waals surface area contributed by atoms with Gasteiger partial charge in [0.1, 0.15) is 19.3 Å². The van der Waals surface area contributed by atoms with Crippen molar-refractivity contribution >= 4 is 19.7 Å². The number of ether oxygens (including phenoxy) is 1. The number of esters is 1. The molecule has 0 saturated heterocycles. The van der Waals surface area contributed by atoms with E-state index in [-0.39, 0.29) is 31.5 Å². The maximum absolute atomic E-state index is 13.4. The standard InChI is InChI=1S/C55H107N2O7P/c1-7-10-13-16-19-22-25-27-28-30-32-35-38-41-44-47-54(58)56-52(51-63-65(60,61)62-50-49-57(4,5)6)53(46-43-40-37-34-31-24-21-18-15-12-9-3)64-55(59)48-45-42-39-36-33-29-26-23-20-17-14-11-8-2/h22,25,43,46,52-53H,7-21,23-24,26-42,44-45,47-51H2,1-6H3,(H-,56,58,60,61)/b25-22-,46-43+. The molecule has 0 radical (unpaired) electrons. The summed E-state index contributed by atoms with van der Waals surface area (Å²) in [4.78, 5) is 39.7. The Morgan fingerprint density at radius 3 is 1.32 bits per heavy atom. The second-order valence-electron chi connectivity index (χ2n) is 20.1. The zero-order valence-electron chi connectivity index (χ0n) is 43.7. The molecule has 0 bridgehead atoms. The maximum atomic E-state index is 13.4. The summed E-state index contributed by atoms with van der Waals surface area (Å²) in [6, 6.07) is -0.882. The third kappa shape index (κ3) is 47.4. The molecule has 3 unspecified atom stereocenters. The average molecular weight is 939 g/mol. The molecule has 0 rings (SSSR count). The largest absolute Gasteiger partial charge is 0.756 e. The Labute approximate surface area is 403 Å². The van der Waals surface area contributed by atoms with Gasteiger partial charge in [0.15, 0.2) is 0 Å². The number of hydrogen-bond acceptors (Lipinski definition) is 7. The van der Waals surface area contributed by atoms with E-state index >= 15 is 0 Å². The first-order valence-electron chi connectivity index (χ1n) is 27.6. The van der Waals surface area contributed by atoms with Gasteiger partial charge in [-0.1, -0.05) is 219 Å². The molecular weight excluding hydrogens is 832 g/mol. The van der Waals surface area contributed by atoms with E-state index in [4.69, 9.17) is 13.8 Å². The molecular formula is C55H107N2O7P. The first-order valence-corrected chi connectivity index (χ1v) is 29.1. The number of quaternary nitrogens is 1. The highest BCUT2D eigenvalue weighted by molar-refractivity contribution is 7.45. The summed E-state index contributed by atoms with van der Waals surface area (Å²) in [6.45, 7) is 6.83. The molecule has 0 aliphatic rings. The second kappa shape index (κ2) is 46.2. The fourth-order valence-corrected chi connectivity index (χ4v) is 8.77. The molecule has 0 aromatic carbocycles. The van der Waals surface area contributed by atoms with Gasteiger partial charge < -0.3 is 28.5 Å². The van der Waals surface area contributed by atoms with Crippen molar-refractivity contribution in [2.75, 3.05) is 40.9 Å². The van der Waals surface area contributed by atoms with E-state index < -0.39 is 20.0 Å².